The van der Waals surface area contributed by atoms with Gasteiger partial charge in [-0.25, -0.2) is 4.98 Å². The van der Waals surface area contributed by atoms with Crippen molar-refractivity contribution in [1.82, 2.24) is 24.6 Å². The largest absolute Gasteiger partial charge is 0.425 e. The van der Waals surface area contributed by atoms with Gasteiger partial charge in [0.1, 0.15) is 11.2 Å². The summed E-state index contributed by atoms with van der Waals surface area (Å²) in [6, 6.07) is 3.57. The highest BCUT2D eigenvalue weighted by Crippen LogP contribution is 2.29. The molecule has 0 spiro atoms. The molecule has 30 heavy (non-hydrogen) atoms. The third kappa shape index (κ3) is 3.62. The first-order chi connectivity index (χ1) is 14.4. The molecule has 8 nitrogen and oxygen atoms in total. The lowest BCUT2D eigenvalue weighted by atomic mass is 9.96. The van der Waals surface area contributed by atoms with E-state index in [0.29, 0.717) is 42.4 Å². The number of likely N-dealkylation sites (tertiary alicyclic amines) is 1. The van der Waals surface area contributed by atoms with E-state index in [1.807, 2.05) is 32.3 Å². The Bertz CT molecular complexity index is 1140. The van der Waals surface area contributed by atoms with Crippen LogP contribution in [0.4, 0.5) is 0 Å². The highest BCUT2D eigenvalue weighted by molar-refractivity contribution is 5.97. The number of aryl methyl sites for hydroxylation is 2. The van der Waals surface area contributed by atoms with E-state index in [1.165, 1.54) is 0 Å². The Morgan fingerprint density at radius 3 is 2.60 bits per heavy atom. The van der Waals surface area contributed by atoms with Gasteiger partial charge in [-0.1, -0.05) is 13.8 Å². The molecule has 4 heterocycles. The van der Waals surface area contributed by atoms with Gasteiger partial charge in [-0.2, -0.15) is 0 Å². The summed E-state index contributed by atoms with van der Waals surface area (Å²) in [6.45, 7) is 9.64. The second-order valence-corrected chi connectivity index (χ2v) is 8.18. The van der Waals surface area contributed by atoms with Crippen molar-refractivity contribution in [3.63, 3.8) is 0 Å². The van der Waals surface area contributed by atoms with Crippen LogP contribution in [0, 0.1) is 6.92 Å². The molecule has 0 aromatic carbocycles. The van der Waals surface area contributed by atoms with Crippen LogP contribution in [0.2, 0.25) is 0 Å². The number of piperidine rings is 1. The maximum atomic E-state index is 13.2. The van der Waals surface area contributed by atoms with E-state index in [0.717, 1.165) is 18.5 Å². The van der Waals surface area contributed by atoms with Gasteiger partial charge in [0, 0.05) is 43.4 Å². The van der Waals surface area contributed by atoms with Gasteiger partial charge in [-0.3, -0.25) is 9.59 Å². The molecule has 8 heteroatoms. The summed E-state index contributed by atoms with van der Waals surface area (Å²) in [4.78, 5) is 32.4. The zero-order valence-corrected chi connectivity index (χ0v) is 17.9. The third-order valence-electron chi connectivity index (χ3n) is 5.71. The number of aromatic nitrogens is 4. The van der Waals surface area contributed by atoms with Crippen molar-refractivity contribution in [3.05, 3.63) is 51.6 Å². The summed E-state index contributed by atoms with van der Waals surface area (Å²) in [5.41, 5.74) is 1.41. The number of carbonyl (C=O) groups excluding carboxylic acids is 1. The van der Waals surface area contributed by atoms with Crippen LogP contribution in [-0.4, -0.2) is 43.6 Å². The van der Waals surface area contributed by atoms with Gasteiger partial charge in [-0.15, -0.1) is 10.2 Å². The summed E-state index contributed by atoms with van der Waals surface area (Å²) < 4.78 is 7.66. The minimum atomic E-state index is -0.257. The molecule has 4 rings (SSSR count). The van der Waals surface area contributed by atoms with Crippen LogP contribution in [0.3, 0.4) is 0 Å². The van der Waals surface area contributed by atoms with Crippen molar-refractivity contribution in [2.45, 2.75) is 58.9 Å². The monoisotopic (exact) mass is 409 g/mol. The average Bonchev–Trinajstić information content (AvgIpc) is 3.24. The van der Waals surface area contributed by atoms with Crippen molar-refractivity contribution in [3.8, 4) is 0 Å². The second-order valence-electron chi connectivity index (χ2n) is 8.18. The molecule has 1 saturated heterocycles. The molecule has 1 aliphatic rings. The number of hydrogen-bond donors (Lipinski definition) is 0. The first kappa shape index (κ1) is 20.3. The average molecular weight is 409 g/mol. The molecule has 3 aromatic rings. The van der Waals surface area contributed by atoms with Gasteiger partial charge in [0.25, 0.3) is 5.91 Å². The topological polar surface area (TPSA) is 94.1 Å². The minimum absolute atomic E-state index is 0.144. The molecule has 0 saturated carbocycles. The Labute approximate surface area is 174 Å². The third-order valence-corrected chi connectivity index (χ3v) is 5.71. The van der Waals surface area contributed by atoms with Crippen LogP contribution >= 0.6 is 0 Å². The first-order valence-corrected chi connectivity index (χ1v) is 10.5. The molecule has 0 atom stereocenters. The van der Waals surface area contributed by atoms with Gasteiger partial charge in [0.2, 0.25) is 17.2 Å². The Balaban J connectivity index is 1.55. The van der Waals surface area contributed by atoms with E-state index < -0.39 is 0 Å². The van der Waals surface area contributed by atoms with E-state index in [4.69, 9.17) is 4.42 Å². The molecule has 0 bridgehead atoms. The molecule has 0 radical (unpaired) electrons. The Morgan fingerprint density at radius 1 is 1.23 bits per heavy atom. The summed E-state index contributed by atoms with van der Waals surface area (Å²) in [5.74, 6) is 1.40. The maximum absolute atomic E-state index is 13.2. The number of nitrogens with zero attached hydrogens (tertiary/aromatic N) is 5. The SMILES string of the molecule is CCn1cc(C(=O)N2CCC(c3nnc(C(C)C)o3)CC2)c(=O)c2ccc(C)nc21. The summed E-state index contributed by atoms with van der Waals surface area (Å²) in [6.07, 6.45) is 3.13. The van der Waals surface area contributed by atoms with Gasteiger partial charge < -0.3 is 13.9 Å². The lowest BCUT2D eigenvalue weighted by Gasteiger charge is -2.30. The molecule has 1 aliphatic heterocycles. The van der Waals surface area contributed by atoms with Gasteiger partial charge in [0.05, 0.1) is 5.39 Å². The summed E-state index contributed by atoms with van der Waals surface area (Å²) >= 11 is 0. The first-order valence-electron chi connectivity index (χ1n) is 10.5. The molecule has 0 N–H and O–H groups in total. The van der Waals surface area contributed by atoms with Crippen LogP contribution in [0.1, 0.15) is 73.3 Å². The smallest absolute Gasteiger partial charge is 0.259 e. The molecular formula is C22H27N5O3. The van der Waals surface area contributed by atoms with E-state index >= 15 is 0 Å². The number of hydrogen-bond acceptors (Lipinski definition) is 6. The Kier molecular flexibility index (Phi) is 5.40. The standard InChI is InChI=1S/C22H27N5O3/c1-5-26-12-17(18(28)16-7-6-14(4)23-19(16)26)22(29)27-10-8-15(9-11-27)21-25-24-20(30-21)13(2)3/h6-7,12-13,15H,5,8-11H2,1-4H3. The van der Waals surface area contributed by atoms with Gasteiger partial charge >= 0.3 is 0 Å². The quantitative estimate of drug-likeness (QED) is 0.657. The van der Waals surface area contributed by atoms with Crippen LogP contribution in [0.15, 0.2) is 27.5 Å². The Morgan fingerprint density at radius 2 is 1.97 bits per heavy atom. The van der Waals surface area contributed by atoms with Crippen LogP contribution in [0.5, 0.6) is 0 Å². The fraction of sp³-hybridized carbons (Fsp3) is 0.500. The fourth-order valence-electron chi connectivity index (χ4n) is 3.90. The van der Waals surface area contributed by atoms with Gasteiger partial charge in [0.15, 0.2) is 0 Å². The van der Waals surface area contributed by atoms with Crippen molar-refractivity contribution in [2.24, 2.45) is 0 Å². The normalized spacial score (nSPS) is 15.3. The number of carbonyl (C=O) groups is 1. The predicted molar refractivity (Wildman–Crippen MR) is 113 cm³/mol. The molecule has 158 valence electrons. The summed E-state index contributed by atoms with van der Waals surface area (Å²) in [5, 5.41) is 8.78. The zero-order chi connectivity index (χ0) is 21.4. The fourth-order valence-corrected chi connectivity index (χ4v) is 3.90. The van der Waals surface area contributed by atoms with Crippen LogP contribution in [-0.2, 0) is 6.54 Å². The van der Waals surface area contributed by atoms with E-state index in [9.17, 15) is 9.59 Å². The molecule has 3 aromatic heterocycles. The number of amides is 1. The highest BCUT2D eigenvalue weighted by Gasteiger charge is 2.29. The highest BCUT2D eigenvalue weighted by atomic mass is 16.4. The van der Waals surface area contributed by atoms with Crippen molar-refractivity contribution < 1.29 is 9.21 Å². The molecular weight excluding hydrogens is 382 g/mol. The predicted octanol–water partition coefficient (Wildman–Crippen LogP) is 3.25. The molecule has 0 aliphatic carbocycles. The second kappa shape index (κ2) is 8.01. The molecule has 1 amide bonds. The lowest BCUT2D eigenvalue weighted by molar-refractivity contribution is 0.0704. The minimum Gasteiger partial charge on any atom is -0.425 e. The zero-order valence-electron chi connectivity index (χ0n) is 17.9. The van der Waals surface area contributed by atoms with E-state index in [1.54, 1.807) is 23.2 Å². The van der Waals surface area contributed by atoms with Crippen LogP contribution < -0.4 is 5.43 Å². The van der Waals surface area contributed by atoms with E-state index in [-0.39, 0.29) is 28.7 Å². The lowest BCUT2D eigenvalue weighted by Crippen LogP contribution is -2.40. The molecule has 0 unspecified atom stereocenters. The number of pyridine rings is 2. The molecule has 1 fully saturated rings. The van der Waals surface area contributed by atoms with Crippen molar-refractivity contribution >= 4 is 16.9 Å². The van der Waals surface area contributed by atoms with Gasteiger partial charge in [-0.05, 0) is 38.8 Å². The van der Waals surface area contributed by atoms with Crippen molar-refractivity contribution in [2.75, 3.05) is 13.1 Å². The number of fused-ring (bicyclic) bond motifs is 1. The number of rotatable bonds is 4. The van der Waals surface area contributed by atoms with Crippen LogP contribution in [0.25, 0.3) is 11.0 Å². The maximum Gasteiger partial charge on any atom is 0.259 e. The summed E-state index contributed by atoms with van der Waals surface area (Å²) in [7, 11) is 0. The Hall–Kier alpha value is -3.03. The van der Waals surface area contributed by atoms with Crippen molar-refractivity contribution in [1.29, 1.82) is 0 Å². The van der Waals surface area contributed by atoms with E-state index in [2.05, 4.69) is 15.2 Å².